The predicted octanol–water partition coefficient (Wildman–Crippen LogP) is 4.18. The minimum atomic E-state index is -0.656. The molecule has 2 amide bonds. The average molecular weight is 353 g/mol. The highest BCUT2D eigenvalue weighted by molar-refractivity contribution is 5.86. The summed E-state index contributed by atoms with van der Waals surface area (Å²) in [6.45, 7) is 17.3. The Balaban J connectivity index is 2.73. The molecule has 1 rings (SSSR count). The van der Waals surface area contributed by atoms with Crippen molar-refractivity contribution >= 4 is 12.0 Å². The highest BCUT2D eigenvalue weighted by atomic mass is 16.6. The molecule has 5 heteroatoms. The maximum atomic E-state index is 12.8. The van der Waals surface area contributed by atoms with Gasteiger partial charge in [0.15, 0.2) is 0 Å². The van der Waals surface area contributed by atoms with Crippen molar-refractivity contribution in [1.29, 1.82) is 0 Å². The topological polar surface area (TPSA) is 67.4 Å². The Bertz CT molecular complexity index is 500. The van der Waals surface area contributed by atoms with E-state index in [2.05, 4.69) is 17.2 Å². The molecule has 0 spiro atoms. The zero-order valence-corrected chi connectivity index (χ0v) is 17.0. The van der Waals surface area contributed by atoms with Gasteiger partial charge in [-0.1, -0.05) is 32.9 Å². The van der Waals surface area contributed by atoms with E-state index < -0.39 is 23.2 Å². The summed E-state index contributed by atoms with van der Waals surface area (Å²) in [5.74, 6) is 0.245. The molecule has 0 aromatic rings. The van der Waals surface area contributed by atoms with Crippen LogP contribution in [0.5, 0.6) is 0 Å². The highest BCUT2D eigenvalue weighted by Gasteiger charge is 2.35. The van der Waals surface area contributed by atoms with Crippen LogP contribution in [0.4, 0.5) is 4.79 Å². The first kappa shape index (κ1) is 21.5. The molecule has 1 aliphatic carbocycles. The second-order valence-corrected chi connectivity index (χ2v) is 9.35. The Labute approximate surface area is 153 Å². The van der Waals surface area contributed by atoms with Gasteiger partial charge in [-0.25, -0.2) is 4.79 Å². The summed E-state index contributed by atoms with van der Waals surface area (Å²) in [6, 6.07) is -0.605. The minimum absolute atomic E-state index is 0.0508. The molecule has 5 nitrogen and oxygen atoms in total. The van der Waals surface area contributed by atoms with Crippen LogP contribution in [-0.4, -0.2) is 29.7 Å². The summed E-state index contributed by atoms with van der Waals surface area (Å²) in [5, 5.41) is 5.83. The summed E-state index contributed by atoms with van der Waals surface area (Å²) < 4.78 is 5.31. The third kappa shape index (κ3) is 7.49. The maximum Gasteiger partial charge on any atom is 0.408 e. The van der Waals surface area contributed by atoms with Gasteiger partial charge in [-0.15, -0.1) is 0 Å². The van der Waals surface area contributed by atoms with Crippen molar-refractivity contribution < 1.29 is 14.3 Å². The minimum Gasteiger partial charge on any atom is -0.444 e. The fourth-order valence-electron chi connectivity index (χ4n) is 3.14. The van der Waals surface area contributed by atoms with E-state index in [0.29, 0.717) is 5.92 Å². The fraction of sp³-hybridized carbons (Fsp3) is 0.800. The van der Waals surface area contributed by atoms with Gasteiger partial charge in [-0.2, -0.15) is 0 Å². The molecule has 0 heterocycles. The molecule has 0 aliphatic heterocycles. The molecule has 25 heavy (non-hydrogen) atoms. The SMILES string of the molecule is C=C1CCCC(C(C)NC(=O)C(NC(=O)OC(C)(C)C)C(C)(C)C)C1. The average Bonchev–Trinajstić information content (AvgIpc) is 2.41. The van der Waals surface area contributed by atoms with E-state index in [1.54, 1.807) is 20.8 Å². The second kappa shape index (κ2) is 8.24. The van der Waals surface area contributed by atoms with E-state index in [-0.39, 0.29) is 11.9 Å². The summed E-state index contributed by atoms with van der Waals surface area (Å²) in [7, 11) is 0. The number of ether oxygens (including phenoxy) is 1. The Morgan fingerprint density at radius 3 is 2.24 bits per heavy atom. The van der Waals surface area contributed by atoms with Crippen LogP contribution >= 0.6 is 0 Å². The van der Waals surface area contributed by atoms with Gasteiger partial charge in [0.25, 0.3) is 0 Å². The van der Waals surface area contributed by atoms with Gasteiger partial charge in [0, 0.05) is 6.04 Å². The Morgan fingerprint density at radius 1 is 1.16 bits per heavy atom. The lowest BCUT2D eigenvalue weighted by Crippen LogP contribution is -2.56. The van der Waals surface area contributed by atoms with Crippen molar-refractivity contribution in [3.8, 4) is 0 Å². The summed E-state index contributed by atoms with van der Waals surface area (Å²) in [5.41, 5.74) is 0.243. The number of carbonyl (C=O) groups is 2. The molecule has 3 unspecified atom stereocenters. The quantitative estimate of drug-likeness (QED) is 0.746. The summed E-state index contributed by atoms with van der Waals surface area (Å²) in [4.78, 5) is 24.9. The van der Waals surface area contributed by atoms with Gasteiger partial charge in [-0.3, -0.25) is 4.79 Å². The lowest BCUT2D eigenvalue weighted by atomic mass is 9.81. The van der Waals surface area contributed by atoms with Crippen LogP contribution in [0.3, 0.4) is 0 Å². The van der Waals surface area contributed by atoms with Crippen LogP contribution in [0.1, 0.15) is 74.1 Å². The van der Waals surface area contributed by atoms with Gasteiger partial charge >= 0.3 is 6.09 Å². The number of amides is 2. The van der Waals surface area contributed by atoms with E-state index >= 15 is 0 Å². The van der Waals surface area contributed by atoms with Crippen molar-refractivity contribution in [1.82, 2.24) is 10.6 Å². The molecule has 2 N–H and O–H groups in total. The fourth-order valence-corrected chi connectivity index (χ4v) is 3.14. The first-order valence-electron chi connectivity index (χ1n) is 9.26. The molecule has 1 saturated carbocycles. The van der Waals surface area contributed by atoms with Crippen LogP contribution in [0.25, 0.3) is 0 Å². The molecule has 1 fully saturated rings. The number of allylic oxidation sites excluding steroid dienone is 1. The smallest absolute Gasteiger partial charge is 0.408 e. The van der Waals surface area contributed by atoms with Crippen molar-refractivity contribution in [3.05, 3.63) is 12.2 Å². The molecule has 0 aromatic heterocycles. The monoisotopic (exact) mass is 352 g/mol. The Hall–Kier alpha value is -1.52. The van der Waals surface area contributed by atoms with E-state index in [9.17, 15) is 9.59 Å². The van der Waals surface area contributed by atoms with Gasteiger partial charge < -0.3 is 15.4 Å². The van der Waals surface area contributed by atoms with Crippen LogP contribution in [0.15, 0.2) is 12.2 Å². The van der Waals surface area contributed by atoms with E-state index in [0.717, 1.165) is 25.7 Å². The number of carbonyl (C=O) groups excluding carboxylic acids is 2. The van der Waals surface area contributed by atoms with Crippen molar-refractivity contribution in [2.24, 2.45) is 11.3 Å². The molecular weight excluding hydrogens is 316 g/mol. The first-order chi connectivity index (χ1) is 11.3. The maximum absolute atomic E-state index is 12.8. The van der Waals surface area contributed by atoms with Crippen LogP contribution in [-0.2, 0) is 9.53 Å². The van der Waals surface area contributed by atoms with Gasteiger partial charge in [-0.05, 0) is 64.7 Å². The number of rotatable bonds is 4. The van der Waals surface area contributed by atoms with Crippen molar-refractivity contribution in [3.63, 3.8) is 0 Å². The number of alkyl carbamates (subject to hydrolysis) is 1. The third-order valence-corrected chi connectivity index (χ3v) is 4.52. The van der Waals surface area contributed by atoms with E-state index in [1.807, 2.05) is 27.7 Å². The Kier molecular flexibility index (Phi) is 7.09. The van der Waals surface area contributed by atoms with Gasteiger partial charge in [0.2, 0.25) is 5.91 Å². The first-order valence-corrected chi connectivity index (χ1v) is 9.26. The van der Waals surface area contributed by atoms with E-state index in [1.165, 1.54) is 5.57 Å². The van der Waals surface area contributed by atoms with E-state index in [4.69, 9.17) is 4.74 Å². The van der Waals surface area contributed by atoms with Crippen molar-refractivity contribution in [2.75, 3.05) is 0 Å². The molecule has 1 aliphatic rings. The zero-order chi connectivity index (χ0) is 19.4. The molecule has 3 atom stereocenters. The lowest BCUT2D eigenvalue weighted by Gasteiger charge is -2.34. The van der Waals surface area contributed by atoms with Crippen LogP contribution in [0, 0.1) is 11.3 Å². The van der Waals surface area contributed by atoms with Gasteiger partial charge in [0.1, 0.15) is 11.6 Å². The number of hydrogen-bond acceptors (Lipinski definition) is 3. The van der Waals surface area contributed by atoms with Crippen molar-refractivity contribution in [2.45, 2.75) is 91.8 Å². The standard InChI is InChI=1S/C20H36N2O3/c1-13-10-9-11-15(12-13)14(2)21-17(23)16(19(3,4)5)22-18(24)25-20(6,7)8/h14-16H,1,9-12H2,2-8H3,(H,21,23)(H,22,24). The summed E-state index contributed by atoms with van der Waals surface area (Å²) in [6.07, 6.45) is 3.70. The predicted molar refractivity (Wildman–Crippen MR) is 101 cm³/mol. The molecule has 0 radical (unpaired) electrons. The zero-order valence-electron chi connectivity index (χ0n) is 17.0. The van der Waals surface area contributed by atoms with Crippen LogP contribution < -0.4 is 10.6 Å². The molecule has 0 saturated heterocycles. The molecule has 0 aromatic carbocycles. The van der Waals surface area contributed by atoms with Gasteiger partial charge in [0.05, 0.1) is 0 Å². The lowest BCUT2D eigenvalue weighted by molar-refractivity contribution is -0.126. The number of nitrogens with one attached hydrogen (secondary N) is 2. The largest absolute Gasteiger partial charge is 0.444 e. The normalized spacial score (nSPS) is 21.2. The highest BCUT2D eigenvalue weighted by Crippen LogP contribution is 2.30. The summed E-state index contributed by atoms with van der Waals surface area (Å²) >= 11 is 0. The third-order valence-electron chi connectivity index (χ3n) is 4.52. The number of hydrogen-bond donors (Lipinski definition) is 2. The Morgan fingerprint density at radius 2 is 1.76 bits per heavy atom. The second-order valence-electron chi connectivity index (χ2n) is 9.35. The molecule has 0 bridgehead atoms. The van der Waals surface area contributed by atoms with Crippen LogP contribution in [0.2, 0.25) is 0 Å². The molecular formula is C20H36N2O3. The molecule has 144 valence electrons.